The maximum Gasteiger partial charge on any atom is 0.224 e. The fourth-order valence-electron chi connectivity index (χ4n) is 2.29. The van der Waals surface area contributed by atoms with Crippen LogP contribution in [-0.4, -0.2) is 5.91 Å². The fourth-order valence-corrected chi connectivity index (χ4v) is 2.29. The van der Waals surface area contributed by atoms with Crippen LogP contribution in [0.15, 0.2) is 36.4 Å². The van der Waals surface area contributed by atoms with Crippen molar-refractivity contribution in [2.24, 2.45) is 0 Å². The van der Waals surface area contributed by atoms with E-state index in [1.165, 1.54) is 16.3 Å². The lowest BCUT2D eigenvalue weighted by Gasteiger charge is -2.14. The zero-order valence-electron chi connectivity index (χ0n) is 8.53. The van der Waals surface area contributed by atoms with Crippen molar-refractivity contribution in [1.82, 2.24) is 0 Å². The first-order valence-corrected chi connectivity index (χ1v) is 5.06. The Morgan fingerprint density at radius 2 is 1.93 bits per heavy atom. The highest BCUT2D eigenvalue weighted by Gasteiger charge is 2.23. The molecule has 3 rings (SSSR count). The van der Waals surface area contributed by atoms with Crippen molar-refractivity contribution in [3.05, 3.63) is 42.0 Å². The second-order valence-corrected chi connectivity index (χ2v) is 3.90. The van der Waals surface area contributed by atoms with E-state index in [4.69, 9.17) is 0 Å². The van der Waals surface area contributed by atoms with Crippen LogP contribution in [0.4, 0.5) is 5.69 Å². The highest BCUT2D eigenvalue weighted by Crippen LogP contribution is 2.36. The van der Waals surface area contributed by atoms with Crippen molar-refractivity contribution in [1.29, 1.82) is 0 Å². The molecular formula is C13H11NO. The van der Waals surface area contributed by atoms with E-state index in [9.17, 15) is 4.79 Å². The molecule has 2 aromatic rings. The number of rotatable bonds is 0. The molecule has 15 heavy (non-hydrogen) atoms. The monoisotopic (exact) mass is 197 g/mol. The van der Waals surface area contributed by atoms with Crippen molar-refractivity contribution in [2.75, 3.05) is 4.90 Å². The molecule has 0 fully saturated rings. The Morgan fingerprint density at radius 1 is 1.20 bits per heavy atom. The molecule has 0 N–H and O–H groups in total. The van der Waals surface area contributed by atoms with Crippen LogP contribution < -0.4 is 4.90 Å². The SMILES string of the molecule is CC(=O)N1Cc2cccc3cccc1c23. The average Bonchev–Trinajstić information content (AvgIpc) is 2.61. The largest absolute Gasteiger partial charge is 0.308 e. The third-order valence-corrected chi connectivity index (χ3v) is 2.97. The van der Waals surface area contributed by atoms with Gasteiger partial charge >= 0.3 is 0 Å². The van der Waals surface area contributed by atoms with Crippen LogP contribution in [0.3, 0.4) is 0 Å². The summed E-state index contributed by atoms with van der Waals surface area (Å²) in [4.78, 5) is 13.3. The summed E-state index contributed by atoms with van der Waals surface area (Å²) in [7, 11) is 0. The predicted octanol–water partition coefficient (Wildman–Crippen LogP) is 2.71. The third kappa shape index (κ3) is 1.08. The van der Waals surface area contributed by atoms with E-state index in [1.807, 2.05) is 23.1 Å². The van der Waals surface area contributed by atoms with Gasteiger partial charge in [-0.15, -0.1) is 0 Å². The summed E-state index contributed by atoms with van der Waals surface area (Å²) in [5.74, 6) is 0.110. The molecule has 1 heterocycles. The first kappa shape index (κ1) is 8.48. The summed E-state index contributed by atoms with van der Waals surface area (Å²) < 4.78 is 0. The second-order valence-electron chi connectivity index (χ2n) is 3.90. The number of nitrogens with zero attached hydrogens (tertiary/aromatic N) is 1. The normalized spacial score (nSPS) is 13.5. The van der Waals surface area contributed by atoms with Gasteiger partial charge in [0.05, 0.1) is 12.2 Å². The number of amides is 1. The van der Waals surface area contributed by atoms with Crippen LogP contribution in [0.1, 0.15) is 12.5 Å². The number of anilines is 1. The van der Waals surface area contributed by atoms with Crippen molar-refractivity contribution in [2.45, 2.75) is 13.5 Å². The molecule has 2 nitrogen and oxygen atoms in total. The van der Waals surface area contributed by atoms with Gasteiger partial charge in [-0.3, -0.25) is 4.79 Å². The molecule has 1 aliphatic rings. The lowest BCUT2D eigenvalue weighted by molar-refractivity contribution is -0.116. The Bertz CT molecular complexity index is 554. The van der Waals surface area contributed by atoms with Gasteiger partial charge in [0.15, 0.2) is 0 Å². The van der Waals surface area contributed by atoms with Crippen LogP contribution in [-0.2, 0) is 11.3 Å². The quantitative estimate of drug-likeness (QED) is 0.636. The third-order valence-electron chi connectivity index (χ3n) is 2.97. The van der Waals surface area contributed by atoms with Crippen molar-refractivity contribution in [3.8, 4) is 0 Å². The predicted molar refractivity (Wildman–Crippen MR) is 60.8 cm³/mol. The molecular weight excluding hydrogens is 186 g/mol. The van der Waals surface area contributed by atoms with Crippen molar-refractivity contribution < 1.29 is 4.79 Å². The molecule has 0 atom stereocenters. The Hall–Kier alpha value is -1.83. The van der Waals surface area contributed by atoms with Gasteiger partial charge in [0.25, 0.3) is 0 Å². The van der Waals surface area contributed by atoms with Crippen LogP contribution in [0.2, 0.25) is 0 Å². The van der Waals surface area contributed by atoms with Crippen molar-refractivity contribution in [3.63, 3.8) is 0 Å². The van der Waals surface area contributed by atoms with Crippen LogP contribution in [0, 0.1) is 0 Å². The fraction of sp³-hybridized carbons (Fsp3) is 0.154. The van der Waals surface area contributed by atoms with Gasteiger partial charge in [-0.2, -0.15) is 0 Å². The minimum absolute atomic E-state index is 0.110. The van der Waals surface area contributed by atoms with Gasteiger partial charge in [-0.1, -0.05) is 30.3 Å². The van der Waals surface area contributed by atoms with Crippen LogP contribution in [0.25, 0.3) is 10.8 Å². The Balaban J connectivity index is 2.36. The molecule has 0 radical (unpaired) electrons. The van der Waals surface area contributed by atoms with Gasteiger partial charge in [-0.05, 0) is 17.0 Å². The second kappa shape index (κ2) is 2.83. The Morgan fingerprint density at radius 3 is 2.67 bits per heavy atom. The highest BCUT2D eigenvalue weighted by atomic mass is 16.2. The molecule has 0 unspecified atom stereocenters. The average molecular weight is 197 g/mol. The molecule has 0 aliphatic carbocycles. The van der Waals surface area contributed by atoms with E-state index in [1.54, 1.807) is 6.92 Å². The number of hydrogen-bond donors (Lipinski definition) is 0. The van der Waals surface area contributed by atoms with Crippen LogP contribution in [0.5, 0.6) is 0 Å². The minimum Gasteiger partial charge on any atom is -0.308 e. The summed E-state index contributed by atoms with van der Waals surface area (Å²) in [5, 5.41) is 2.45. The van der Waals surface area contributed by atoms with E-state index in [-0.39, 0.29) is 5.91 Å². The van der Waals surface area contributed by atoms with E-state index < -0.39 is 0 Å². The highest BCUT2D eigenvalue weighted by molar-refractivity contribution is 6.07. The van der Waals surface area contributed by atoms with Gasteiger partial charge < -0.3 is 4.90 Å². The van der Waals surface area contributed by atoms with Gasteiger partial charge in [0, 0.05) is 12.3 Å². The van der Waals surface area contributed by atoms with E-state index >= 15 is 0 Å². The summed E-state index contributed by atoms with van der Waals surface area (Å²) in [6, 6.07) is 12.3. The van der Waals surface area contributed by atoms with E-state index in [0.29, 0.717) is 6.54 Å². The summed E-state index contributed by atoms with van der Waals surface area (Å²) in [5.41, 5.74) is 2.30. The minimum atomic E-state index is 0.110. The molecule has 0 saturated carbocycles. The van der Waals surface area contributed by atoms with Crippen molar-refractivity contribution >= 4 is 22.4 Å². The smallest absolute Gasteiger partial charge is 0.224 e. The first-order chi connectivity index (χ1) is 7.27. The van der Waals surface area contributed by atoms with Gasteiger partial charge in [0.1, 0.15) is 0 Å². The van der Waals surface area contributed by atoms with Gasteiger partial charge in [0.2, 0.25) is 5.91 Å². The summed E-state index contributed by atoms with van der Waals surface area (Å²) in [6.45, 7) is 2.33. The lowest BCUT2D eigenvalue weighted by Crippen LogP contribution is -2.23. The Kier molecular flexibility index (Phi) is 1.60. The molecule has 0 bridgehead atoms. The van der Waals surface area contributed by atoms with E-state index in [2.05, 4.69) is 18.2 Å². The topological polar surface area (TPSA) is 20.3 Å². The lowest BCUT2D eigenvalue weighted by atomic mass is 10.1. The van der Waals surface area contributed by atoms with Gasteiger partial charge in [-0.25, -0.2) is 0 Å². The first-order valence-electron chi connectivity index (χ1n) is 5.06. The van der Waals surface area contributed by atoms with Crippen LogP contribution >= 0.6 is 0 Å². The molecule has 2 aromatic carbocycles. The maximum atomic E-state index is 11.5. The molecule has 0 aromatic heterocycles. The molecule has 2 heteroatoms. The number of benzene rings is 2. The molecule has 0 saturated heterocycles. The number of hydrogen-bond acceptors (Lipinski definition) is 1. The Labute approximate surface area is 88.1 Å². The molecule has 0 spiro atoms. The molecule has 74 valence electrons. The van der Waals surface area contributed by atoms with E-state index in [0.717, 1.165) is 5.69 Å². The number of carbonyl (C=O) groups excluding carboxylic acids is 1. The number of carbonyl (C=O) groups is 1. The summed E-state index contributed by atoms with van der Waals surface area (Å²) >= 11 is 0. The zero-order valence-corrected chi connectivity index (χ0v) is 8.53. The summed E-state index contributed by atoms with van der Waals surface area (Å²) in [6.07, 6.45) is 0. The molecule has 1 aliphatic heterocycles. The zero-order chi connectivity index (χ0) is 10.4. The maximum absolute atomic E-state index is 11.5. The standard InChI is InChI=1S/C13H11NO/c1-9(15)14-8-11-6-2-4-10-5-3-7-12(14)13(10)11/h2-7H,8H2,1H3. The molecule has 1 amide bonds.